The molecule has 3 atom stereocenters. The number of rotatable bonds is 3. The first-order valence-corrected chi connectivity index (χ1v) is 8.20. The van der Waals surface area contributed by atoms with Gasteiger partial charge in [-0.3, -0.25) is 9.59 Å². The SMILES string of the molecule is CCOC(=O)[C@H]1C=C(c2ccccc2)[C@H]2CCCCC2C1=O. The Hall–Kier alpha value is -1.90. The maximum Gasteiger partial charge on any atom is 0.320 e. The molecule has 0 spiro atoms. The molecule has 2 aliphatic carbocycles. The van der Waals surface area contributed by atoms with Crippen molar-refractivity contribution in [2.75, 3.05) is 6.61 Å². The largest absolute Gasteiger partial charge is 0.465 e. The van der Waals surface area contributed by atoms with Crippen molar-refractivity contribution in [3.05, 3.63) is 42.0 Å². The molecule has 1 aromatic rings. The first-order chi connectivity index (χ1) is 10.7. The molecule has 0 N–H and O–H groups in total. The number of ketones is 1. The summed E-state index contributed by atoms with van der Waals surface area (Å²) in [7, 11) is 0. The lowest BCUT2D eigenvalue weighted by Crippen LogP contribution is -2.39. The van der Waals surface area contributed by atoms with Gasteiger partial charge in [-0.25, -0.2) is 0 Å². The minimum absolute atomic E-state index is 0.0247. The molecule has 2 aliphatic rings. The van der Waals surface area contributed by atoms with E-state index in [0.29, 0.717) is 6.61 Å². The molecular formula is C19H22O3. The summed E-state index contributed by atoms with van der Waals surface area (Å²) >= 11 is 0. The molecule has 0 bridgehead atoms. The number of Topliss-reactive ketones (excluding diaryl/α,β-unsaturated/α-hetero) is 1. The van der Waals surface area contributed by atoms with Crippen LogP contribution in [0.25, 0.3) is 5.57 Å². The van der Waals surface area contributed by atoms with E-state index in [-0.39, 0.29) is 17.6 Å². The van der Waals surface area contributed by atoms with Crippen LogP contribution >= 0.6 is 0 Å². The van der Waals surface area contributed by atoms with E-state index in [1.807, 2.05) is 24.3 Å². The molecule has 0 heterocycles. The Kier molecular flexibility index (Phi) is 4.41. The molecule has 1 saturated carbocycles. The maximum absolute atomic E-state index is 12.7. The van der Waals surface area contributed by atoms with Crippen molar-refractivity contribution in [2.24, 2.45) is 17.8 Å². The molecule has 0 aliphatic heterocycles. The van der Waals surface area contributed by atoms with Crippen LogP contribution in [0, 0.1) is 17.8 Å². The average Bonchev–Trinajstić information content (AvgIpc) is 2.56. The van der Waals surface area contributed by atoms with E-state index in [9.17, 15) is 9.59 Å². The summed E-state index contributed by atoms with van der Waals surface area (Å²) in [5, 5.41) is 0. The number of carbonyl (C=O) groups is 2. The fourth-order valence-electron chi connectivity index (χ4n) is 3.82. The minimum Gasteiger partial charge on any atom is -0.465 e. The van der Waals surface area contributed by atoms with Crippen molar-refractivity contribution in [3.8, 4) is 0 Å². The quantitative estimate of drug-likeness (QED) is 0.632. The number of benzene rings is 1. The summed E-state index contributed by atoms with van der Waals surface area (Å²) in [6.07, 6.45) is 6.02. The summed E-state index contributed by atoms with van der Waals surface area (Å²) in [5.41, 5.74) is 2.28. The van der Waals surface area contributed by atoms with Crippen molar-refractivity contribution < 1.29 is 14.3 Å². The second-order valence-corrected chi connectivity index (χ2v) is 6.12. The van der Waals surface area contributed by atoms with Crippen LogP contribution in [0.5, 0.6) is 0 Å². The van der Waals surface area contributed by atoms with Crippen LogP contribution in [0.4, 0.5) is 0 Å². The molecule has 1 aromatic carbocycles. The van der Waals surface area contributed by atoms with E-state index in [1.165, 1.54) is 0 Å². The van der Waals surface area contributed by atoms with Crippen LogP contribution in [0.2, 0.25) is 0 Å². The van der Waals surface area contributed by atoms with Gasteiger partial charge in [0.25, 0.3) is 0 Å². The van der Waals surface area contributed by atoms with Crippen LogP contribution in [0.3, 0.4) is 0 Å². The second-order valence-electron chi connectivity index (χ2n) is 6.12. The lowest BCUT2D eigenvalue weighted by molar-refractivity contribution is -0.151. The Bertz CT molecular complexity index is 588. The number of allylic oxidation sites excluding steroid dienone is 1. The van der Waals surface area contributed by atoms with Crippen molar-refractivity contribution >= 4 is 17.3 Å². The first-order valence-electron chi connectivity index (χ1n) is 8.20. The van der Waals surface area contributed by atoms with Gasteiger partial charge in [-0.2, -0.15) is 0 Å². The van der Waals surface area contributed by atoms with Crippen molar-refractivity contribution in [3.63, 3.8) is 0 Å². The molecule has 0 radical (unpaired) electrons. The summed E-state index contributed by atoms with van der Waals surface area (Å²) in [6.45, 7) is 2.08. The topological polar surface area (TPSA) is 43.4 Å². The normalized spacial score (nSPS) is 27.8. The van der Waals surface area contributed by atoms with E-state index in [2.05, 4.69) is 12.1 Å². The number of hydrogen-bond acceptors (Lipinski definition) is 3. The molecule has 1 fully saturated rings. The molecule has 3 rings (SSSR count). The number of carbonyl (C=O) groups excluding carboxylic acids is 2. The Balaban J connectivity index is 2.01. The van der Waals surface area contributed by atoms with Gasteiger partial charge in [0.15, 0.2) is 5.78 Å². The van der Waals surface area contributed by atoms with E-state index in [0.717, 1.165) is 36.8 Å². The molecule has 3 nitrogen and oxygen atoms in total. The van der Waals surface area contributed by atoms with Gasteiger partial charge in [0.1, 0.15) is 5.92 Å². The lowest BCUT2D eigenvalue weighted by atomic mass is 9.65. The van der Waals surface area contributed by atoms with E-state index >= 15 is 0 Å². The highest BCUT2D eigenvalue weighted by molar-refractivity contribution is 6.06. The predicted molar refractivity (Wildman–Crippen MR) is 85.0 cm³/mol. The third-order valence-electron chi connectivity index (χ3n) is 4.83. The second kappa shape index (κ2) is 6.47. The van der Waals surface area contributed by atoms with E-state index < -0.39 is 11.9 Å². The third-order valence-corrected chi connectivity index (χ3v) is 4.83. The number of esters is 1. The number of fused-ring (bicyclic) bond motifs is 1. The smallest absolute Gasteiger partial charge is 0.320 e. The lowest BCUT2D eigenvalue weighted by Gasteiger charge is -2.37. The zero-order chi connectivity index (χ0) is 15.5. The van der Waals surface area contributed by atoms with Crippen LogP contribution in [0.15, 0.2) is 36.4 Å². The van der Waals surface area contributed by atoms with Gasteiger partial charge in [-0.05, 0) is 36.8 Å². The fraction of sp³-hybridized carbons (Fsp3) is 0.474. The van der Waals surface area contributed by atoms with Crippen LogP contribution in [0.1, 0.15) is 38.2 Å². The summed E-state index contributed by atoms with van der Waals surface area (Å²) < 4.78 is 5.11. The Morgan fingerprint density at radius 2 is 1.82 bits per heavy atom. The highest BCUT2D eigenvalue weighted by atomic mass is 16.5. The van der Waals surface area contributed by atoms with Gasteiger partial charge in [-0.15, -0.1) is 0 Å². The Labute approximate surface area is 131 Å². The predicted octanol–water partition coefficient (Wildman–Crippen LogP) is 3.64. The molecule has 3 heteroatoms. The van der Waals surface area contributed by atoms with Crippen LogP contribution < -0.4 is 0 Å². The Morgan fingerprint density at radius 3 is 2.50 bits per heavy atom. The number of hydrogen-bond donors (Lipinski definition) is 0. The summed E-state index contributed by atoms with van der Waals surface area (Å²) in [5.74, 6) is -0.833. The zero-order valence-electron chi connectivity index (χ0n) is 13.0. The van der Waals surface area contributed by atoms with Crippen molar-refractivity contribution in [1.82, 2.24) is 0 Å². The average molecular weight is 298 g/mol. The van der Waals surface area contributed by atoms with Crippen LogP contribution in [-0.2, 0) is 14.3 Å². The maximum atomic E-state index is 12.7. The van der Waals surface area contributed by atoms with Gasteiger partial charge in [0.05, 0.1) is 6.61 Å². The highest BCUT2D eigenvalue weighted by Crippen LogP contribution is 2.45. The van der Waals surface area contributed by atoms with Gasteiger partial charge in [0, 0.05) is 5.92 Å². The van der Waals surface area contributed by atoms with Gasteiger partial charge in [-0.1, -0.05) is 49.2 Å². The highest BCUT2D eigenvalue weighted by Gasteiger charge is 2.43. The molecule has 1 unspecified atom stereocenters. The van der Waals surface area contributed by atoms with Gasteiger partial charge in [0.2, 0.25) is 0 Å². The number of ether oxygens (including phenoxy) is 1. The van der Waals surface area contributed by atoms with Gasteiger partial charge >= 0.3 is 5.97 Å². The molecule has 0 aromatic heterocycles. The van der Waals surface area contributed by atoms with Crippen LogP contribution in [-0.4, -0.2) is 18.4 Å². The van der Waals surface area contributed by atoms with E-state index in [1.54, 1.807) is 6.92 Å². The Morgan fingerprint density at radius 1 is 1.14 bits per heavy atom. The van der Waals surface area contributed by atoms with Gasteiger partial charge < -0.3 is 4.74 Å². The standard InChI is InChI=1S/C19H22O3/c1-2-22-19(21)17-12-16(13-8-4-3-5-9-13)14-10-6-7-11-15(14)18(17)20/h3-5,8-9,12,14-15,17H,2,6-7,10-11H2,1H3/t14-,15?,17-/m0/s1. The minimum atomic E-state index is -0.727. The summed E-state index contributed by atoms with van der Waals surface area (Å²) in [4.78, 5) is 24.9. The third kappa shape index (κ3) is 2.72. The fourth-order valence-corrected chi connectivity index (χ4v) is 3.82. The first kappa shape index (κ1) is 15.0. The van der Waals surface area contributed by atoms with Crippen molar-refractivity contribution in [2.45, 2.75) is 32.6 Å². The molecular weight excluding hydrogens is 276 g/mol. The van der Waals surface area contributed by atoms with Crippen molar-refractivity contribution in [1.29, 1.82) is 0 Å². The monoisotopic (exact) mass is 298 g/mol. The molecule has 0 amide bonds. The summed E-state index contributed by atoms with van der Waals surface area (Å²) in [6, 6.07) is 10.1. The molecule has 0 saturated heterocycles. The zero-order valence-corrected chi connectivity index (χ0v) is 13.0. The molecule has 116 valence electrons. The molecule has 22 heavy (non-hydrogen) atoms. The van der Waals surface area contributed by atoms with E-state index in [4.69, 9.17) is 4.74 Å².